The van der Waals surface area contributed by atoms with Crippen LogP contribution in [0.25, 0.3) is 0 Å². The van der Waals surface area contributed by atoms with Crippen LogP contribution in [0.3, 0.4) is 0 Å². The van der Waals surface area contributed by atoms with Gasteiger partial charge in [0.2, 0.25) is 0 Å². The van der Waals surface area contributed by atoms with Crippen LogP contribution < -0.4 is 10.6 Å². The topological polar surface area (TPSA) is 55.0 Å². The van der Waals surface area contributed by atoms with Gasteiger partial charge in [-0.25, -0.2) is 9.97 Å². The van der Waals surface area contributed by atoms with E-state index in [0.29, 0.717) is 11.1 Å². The van der Waals surface area contributed by atoms with Crippen LogP contribution in [0, 0.1) is 0 Å². The lowest BCUT2D eigenvalue weighted by Gasteiger charge is -2.39. The summed E-state index contributed by atoms with van der Waals surface area (Å²) in [7, 11) is 0. The van der Waals surface area contributed by atoms with Crippen LogP contribution in [0.5, 0.6) is 0 Å². The van der Waals surface area contributed by atoms with Crippen molar-refractivity contribution in [3.05, 3.63) is 17.5 Å². The van der Waals surface area contributed by atoms with E-state index in [1.165, 1.54) is 19.2 Å². The molecule has 2 N–H and O–H groups in total. The maximum Gasteiger partial charge on any atom is 0.151 e. The number of hydrogen-bond acceptors (Lipinski definition) is 4. The molecule has 1 aliphatic rings. The summed E-state index contributed by atoms with van der Waals surface area (Å²) in [5, 5.41) is 0.607. The van der Waals surface area contributed by atoms with Crippen LogP contribution in [0.4, 0.5) is 5.82 Å². The van der Waals surface area contributed by atoms with Gasteiger partial charge in [0.05, 0.1) is 6.20 Å². The molecule has 5 heteroatoms. The van der Waals surface area contributed by atoms with Crippen molar-refractivity contribution in [1.82, 2.24) is 9.97 Å². The molecule has 0 bridgehead atoms. The lowest BCUT2D eigenvalue weighted by molar-refractivity contribution is 0.411. The van der Waals surface area contributed by atoms with Gasteiger partial charge in [-0.1, -0.05) is 11.6 Å². The molecule has 0 aromatic carbocycles. The number of aromatic nitrogens is 2. The molecule has 2 unspecified atom stereocenters. The minimum absolute atomic E-state index is 0.131. The number of anilines is 1. The van der Waals surface area contributed by atoms with Crippen molar-refractivity contribution in [2.45, 2.75) is 38.3 Å². The molecule has 1 saturated heterocycles. The van der Waals surface area contributed by atoms with Gasteiger partial charge in [0, 0.05) is 18.6 Å². The molecule has 2 heterocycles. The van der Waals surface area contributed by atoms with Crippen molar-refractivity contribution < 1.29 is 0 Å². The summed E-state index contributed by atoms with van der Waals surface area (Å²) < 4.78 is 0. The van der Waals surface area contributed by atoms with Crippen molar-refractivity contribution >= 4 is 17.4 Å². The molecule has 0 aliphatic carbocycles. The lowest BCUT2D eigenvalue weighted by atomic mass is 9.97. The number of halogens is 1. The maximum absolute atomic E-state index is 6.12. The highest BCUT2D eigenvalue weighted by molar-refractivity contribution is 6.32. The zero-order valence-electron chi connectivity index (χ0n) is 9.43. The van der Waals surface area contributed by atoms with Crippen LogP contribution in [-0.4, -0.2) is 28.6 Å². The molecular formula is C11H17ClN4. The summed E-state index contributed by atoms with van der Waals surface area (Å²) in [5.41, 5.74) is 6.02. The summed E-state index contributed by atoms with van der Waals surface area (Å²) in [6, 6.07) is 0.465. The Morgan fingerprint density at radius 1 is 1.56 bits per heavy atom. The van der Waals surface area contributed by atoms with Gasteiger partial charge in [-0.3, -0.25) is 0 Å². The molecule has 0 radical (unpaired) electrons. The van der Waals surface area contributed by atoms with Crippen molar-refractivity contribution in [3.8, 4) is 0 Å². The minimum atomic E-state index is 0.131. The Balaban J connectivity index is 2.27. The quantitative estimate of drug-likeness (QED) is 0.857. The van der Waals surface area contributed by atoms with Crippen LogP contribution >= 0.6 is 11.6 Å². The molecule has 1 aromatic rings. The first-order valence-corrected chi connectivity index (χ1v) is 6.05. The molecule has 1 aliphatic heterocycles. The van der Waals surface area contributed by atoms with Crippen molar-refractivity contribution in [2.24, 2.45) is 5.73 Å². The maximum atomic E-state index is 6.12. The van der Waals surface area contributed by atoms with E-state index < -0.39 is 0 Å². The molecule has 0 amide bonds. The molecule has 1 aromatic heterocycles. The standard InChI is InChI=1S/C11H17ClN4/c1-8(13)10-4-2-3-5-16(10)11-9(12)6-14-7-15-11/h6-8,10H,2-5,13H2,1H3. The zero-order valence-corrected chi connectivity index (χ0v) is 10.2. The SMILES string of the molecule is CC(N)C1CCCCN1c1ncncc1Cl. The van der Waals surface area contributed by atoms with E-state index in [0.717, 1.165) is 18.8 Å². The van der Waals surface area contributed by atoms with Gasteiger partial charge in [-0.05, 0) is 26.2 Å². The first-order chi connectivity index (χ1) is 7.70. The molecule has 0 saturated carbocycles. The van der Waals surface area contributed by atoms with Gasteiger partial charge in [0.1, 0.15) is 11.3 Å². The molecule has 16 heavy (non-hydrogen) atoms. The minimum Gasteiger partial charge on any atom is -0.351 e. The highest BCUT2D eigenvalue weighted by Crippen LogP contribution is 2.29. The van der Waals surface area contributed by atoms with Gasteiger partial charge in [0.25, 0.3) is 0 Å². The zero-order chi connectivity index (χ0) is 11.5. The van der Waals surface area contributed by atoms with Gasteiger partial charge >= 0.3 is 0 Å². The number of piperidine rings is 1. The van der Waals surface area contributed by atoms with Gasteiger partial charge in [-0.15, -0.1) is 0 Å². The Morgan fingerprint density at radius 3 is 3.06 bits per heavy atom. The number of nitrogens with zero attached hydrogens (tertiary/aromatic N) is 3. The normalized spacial score (nSPS) is 23.2. The van der Waals surface area contributed by atoms with Crippen LogP contribution in [0.15, 0.2) is 12.5 Å². The Hall–Kier alpha value is -0.870. The second-order valence-electron chi connectivity index (χ2n) is 4.31. The van der Waals surface area contributed by atoms with E-state index in [9.17, 15) is 0 Å². The summed E-state index contributed by atoms with van der Waals surface area (Å²) in [5.74, 6) is 0.818. The molecule has 4 nitrogen and oxygen atoms in total. The number of rotatable bonds is 2. The summed E-state index contributed by atoms with van der Waals surface area (Å²) in [6.45, 7) is 3.01. The van der Waals surface area contributed by atoms with Crippen LogP contribution in [-0.2, 0) is 0 Å². The molecule has 88 valence electrons. The van der Waals surface area contributed by atoms with Gasteiger partial charge in [0.15, 0.2) is 5.82 Å². The fraction of sp³-hybridized carbons (Fsp3) is 0.636. The fourth-order valence-electron chi connectivity index (χ4n) is 2.28. The van der Waals surface area contributed by atoms with Gasteiger partial charge in [-0.2, -0.15) is 0 Å². The predicted molar refractivity (Wildman–Crippen MR) is 65.7 cm³/mol. The van der Waals surface area contributed by atoms with E-state index in [1.807, 2.05) is 6.92 Å². The van der Waals surface area contributed by atoms with Crippen molar-refractivity contribution in [2.75, 3.05) is 11.4 Å². The van der Waals surface area contributed by atoms with E-state index in [4.69, 9.17) is 17.3 Å². The third-order valence-electron chi connectivity index (χ3n) is 3.08. The average molecular weight is 241 g/mol. The van der Waals surface area contributed by atoms with Crippen molar-refractivity contribution in [3.63, 3.8) is 0 Å². The predicted octanol–water partition coefficient (Wildman–Crippen LogP) is 1.84. The monoisotopic (exact) mass is 240 g/mol. The molecule has 2 rings (SSSR count). The van der Waals surface area contributed by atoms with E-state index >= 15 is 0 Å². The van der Waals surface area contributed by atoms with E-state index in [1.54, 1.807) is 6.20 Å². The smallest absolute Gasteiger partial charge is 0.151 e. The number of nitrogens with two attached hydrogens (primary N) is 1. The van der Waals surface area contributed by atoms with E-state index in [-0.39, 0.29) is 6.04 Å². The Kier molecular flexibility index (Phi) is 3.61. The summed E-state index contributed by atoms with van der Waals surface area (Å²) in [6.07, 6.45) is 6.68. The Morgan fingerprint density at radius 2 is 2.38 bits per heavy atom. The average Bonchev–Trinajstić information content (AvgIpc) is 2.29. The summed E-state index contributed by atoms with van der Waals surface area (Å²) >= 11 is 6.12. The second-order valence-corrected chi connectivity index (χ2v) is 4.72. The molecular weight excluding hydrogens is 224 g/mol. The van der Waals surface area contributed by atoms with Crippen LogP contribution in [0.2, 0.25) is 5.02 Å². The highest BCUT2D eigenvalue weighted by atomic mass is 35.5. The summed E-state index contributed by atoms with van der Waals surface area (Å²) in [4.78, 5) is 10.4. The lowest BCUT2D eigenvalue weighted by Crippen LogP contribution is -2.49. The molecule has 0 spiro atoms. The van der Waals surface area contributed by atoms with Crippen molar-refractivity contribution in [1.29, 1.82) is 0 Å². The van der Waals surface area contributed by atoms with Crippen LogP contribution in [0.1, 0.15) is 26.2 Å². The van der Waals surface area contributed by atoms with E-state index in [2.05, 4.69) is 14.9 Å². The first kappa shape index (κ1) is 11.6. The fourth-order valence-corrected chi connectivity index (χ4v) is 2.50. The first-order valence-electron chi connectivity index (χ1n) is 5.68. The largest absolute Gasteiger partial charge is 0.351 e. The third kappa shape index (κ3) is 2.28. The highest BCUT2D eigenvalue weighted by Gasteiger charge is 2.27. The van der Waals surface area contributed by atoms with Gasteiger partial charge < -0.3 is 10.6 Å². The molecule has 2 atom stereocenters. The number of hydrogen-bond donors (Lipinski definition) is 1. The second kappa shape index (κ2) is 4.97. The Labute approximate surface area is 101 Å². The molecule has 1 fully saturated rings. The Bertz CT molecular complexity index is 356. The third-order valence-corrected chi connectivity index (χ3v) is 3.34.